The Labute approximate surface area is 198 Å². The van der Waals surface area contributed by atoms with Gasteiger partial charge in [-0.1, -0.05) is 17.7 Å². The van der Waals surface area contributed by atoms with Crippen molar-refractivity contribution in [1.29, 1.82) is 0 Å². The molecule has 168 valence electrons. The minimum absolute atomic E-state index is 0.124. The highest BCUT2D eigenvalue weighted by molar-refractivity contribution is 9.10. The van der Waals surface area contributed by atoms with Crippen molar-refractivity contribution in [3.8, 4) is 0 Å². The number of benzene rings is 2. The Kier molecular flexibility index (Phi) is 6.50. The van der Waals surface area contributed by atoms with Crippen molar-refractivity contribution >= 4 is 45.1 Å². The van der Waals surface area contributed by atoms with E-state index in [1.165, 1.54) is 12.1 Å². The van der Waals surface area contributed by atoms with E-state index in [9.17, 15) is 14.0 Å². The SMILES string of the molecule is Cc1ccc(NC(=O)c2ccc(C3=NCCN3C)cc2F)c(C(=O)Nc2ccc(Br)cn2)c1. The summed E-state index contributed by atoms with van der Waals surface area (Å²) in [6.45, 7) is 3.26. The number of carbonyl (C=O) groups excluding carboxylic acids is 2. The van der Waals surface area contributed by atoms with Gasteiger partial charge in [-0.2, -0.15) is 0 Å². The summed E-state index contributed by atoms with van der Waals surface area (Å²) in [5.74, 6) is -0.698. The third-order valence-corrected chi connectivity index (χ3v) is 5.64. The van der Waals surface area contributed by atoms with Crippen LogP contribution >= 0.6 is 15.9 Å². The molecular weight excluding hydrogens is 489 g/mol. The second-order valence-corrected chi connectivity index (χ2v) is 8.56. The van der Waals surface area contributed by atoms with E-state index >= 15 is 0 Å². The molecule has 7 nitrogen and oxygen atoms in total. The first-order valence-corrected chi connectivity index (χ1v) is 11.0. The van der Waals surface area contributed by atoms with Crippen molar-refractivity contribution in [3.63, 3.8) is 0 Å². The average Bonchev–Trinajstić information content (AvgIpc) is 3.22. The molecule has 4 rings (SSSR count). The highest BCUT2D eigenvalue weighted by Gasteiger charge is 2.20. The molecule has 2 heterocycles. The van der Waals surface area contributed by atoms with Gasteiger partial charge >= 0.3 is 0 Å². The molecule has 0 saturated carbocycles. The number of aliphatic imine (C=N–C) groups is 1. The van der Waals surface area contributed by atoms with Crippen LogP contribution in [0.1, 0.15) is 31.8 Å². The Morgan fingerprint density at radius 3 is 2.48 bits per heavy atom. The number of aromatic nitrogens is 1. The lowest BCUT2D eigenvalue weighted by Gasteiger charge is -2.15. The smallest absolute Gasteiger partial charge is 0.258 e. The standard InChI is InChI=1S/C24H21BrFN5O2/c1-14-3-7-20(18(11-14)24(33)30-21-8-5-16(25)13-28-21)29-23(32)17-6-4-15(12-19(17)26)22-27-9-10-31(22)2/h3-8,11-13H,9-10H2,1-2H3,(H,29,32)(H,28,30,33). The summed E-state index contributed by atoms with van der Waals surface area (Å²) in [5, 5.41) is 5.37. The molecule has 0 aliphatic carbocycles. The lowest BCUT2D eigenvalue weighted by atomic mass is 10.1. The van der Waals surface area contributed by atoms with Crippen LogP contribution in [0.5, 0.6) is 0 Å². The molecule has 2 amide bonds. The van der Waals surface area contributed by atoms with Crippen molar-refractivity contribution in [1.82, 2.24) is 9.88 Å². The Morgan fingerprint density at radius 1 is 1.03 bits per heavy atom. The van der Waals surface area contributed by atoms with Gasteiger partial charge < -0.3 is 15.5 Å². The monoisotopic (exact) mass is 509 g/mol. The Hall–Kier alpha value is -3.59. The minimum atomic E-state index is -0.662. The normalized spacial score (nSPS) is 13.0. The number of nitrogens with one attached hydrogen (secondary N) is 2. The number of amidine groups is 1. The van der Waals surface area contributed by atoms with Gasteiger partial charge in [0.15, 0.2) is 0 Å². The Morgan fingerprint density at radius 2 is 1.82 bits per heavy atom. The summed E-state index contributed by atoms with van der Waals surface area (Å²) >= 11 is 3.30. The molecule has 0 unspecified atom stereocenters. The number of anilines is 2. The maximum atomic E-state index is 14.8. The summed E-state index contributed by atoms with van der Waals surface area (Å²) in [7, 11) is 1.89. The lowest BCUT2D eigenvalue weighted by molar-refractivity contribution is 0.102. The molecule has 0 bridgehead atoms. The third-order valence-electron chi connectivity index (χ3n) is 5.17. The molecule has 1 aromatic heterocycles. The van der Waals surface area contributed by atoms with Crippen molar-refractivity contribution in [2.24, 2.45) is 4.99 Å². The van der Waals surface area contributed by atoms with Gasteiger partial charge in [-0.05, 0) is 59.3 Å². The molecular formula is C24H21BrFN5O2. The van der Waals surface area contributed by atoms with Crippen LogP contribution < -0.4 is 10.6 Å². The highest BCUT2D eigenvalue weighted by atomic mass is 79.9. The first-order chi connectivity index (χ1) is 15.8. The van der Waals surface area contributed by atoms with Crippen molar-refractivity contribution in [3.05, 3.63) is 87.3 Å². The minimum Gasteiger partial charge on any atom is -0.358 e. The molecule has 0 fully saturated rings. The van der Waals surface area contributed by atoms with Gasteiger partial charge in [0.05, 0.1) is 23.4 Å². The van der Waals surface area contributed by atoms with Gasteiger partial charge in [0.25, 0.3) is 11.8 Å². The van der Waals surface area contributed by atoms with Crippen LogP contribution in [-0.2, 0) is 0 Å². The predicted octanol–water partition coefficient (Wildman–Crippen LogP) is 4.49. The van der Waals surface area contributed by atoms with Crippen LogP contribution in [0, 0.1) is 12.7 Å². The zero-order valence-corrected chi connectivity index (χ0v) is 19.6. The largest absolute Gasteiger partial charge is 0.358 e. The number of rotatable bonds is 5. The van der Waals surface area contributed by atoms with E-state index in [0.29, 0.717) is 23.8 Å². The molecule has 2 aromatic carbocycles. The van der Waals surface area contributed by atoms with Crippen molar-refractivity contribution < 1.29 is 14.0 Å². The number of likely N-dealkylation sites (N-methyl/N-ethyl adjacent to an activating group) is 1. The number of amides is 2. The van der Waals surface area contributed by atoms with Gasteiger partial charge in [0.1, 0.15) is 17.5 Å². The van der Waals surface area contributed by atoms with Gasteiger partial charge in [-0.25, -0.2) is 9.37 Å². The maximum Gasteiger partial charge on any atom is 0.258 e. The highest BCUT2D eigenvalue weighted by Crippen LogP contribution is 2.22. The average molecular weight is 510 g/mol. The quantitative estimate of drug-likeness (QED) is 0.530. The number of pyridine rings is 1. The molecule has 0 radical (unpaired) electrons. The number of nitrogens with zero attached hydrogens (tertiary/aromatic N) is 3. The van der Waals surface area contributed by atoms with Gasteiger partial charge in [0.2, 0.25) is 0 Å². The van der Waals surface area contributed by atoms with Crippen LogP contribution in [0.3, 0.4) is 0 Å². The molecule has 2 N–H and O–H groups in total. The van der Waals surface area contributed by atoms with E-state index in [1.807, 2.05) is 18.9 Å². The molecule has 9 heteroatoms. The molecule has 0 spiro atoms. The van der Waals surface area contributed by atoms with Crippen LogP contribution in [0.15, 0.2) is 64.2 Å². The number of hydrogen-bond acceptors (Lipinski definition) is 5. The predicted molar refractivity (Wildman–Crippen MR) is 129 cm³/mol. The van der Waals surface area contributed by atoms with Crippen molar-refractivity contribution in [2.45, 2.75) is 6.92 Å². The van der Waals surface area contributed by atoms with Gasteiger partial charge in [0, 0.05) is 29.8 Å². The number of halogens is 2. The van der Waals surface area contributed by atoms with Gasteiger partial charge in [-0.15, -0.1) is 0 Å². The maximum absolute atomic E-state index is 14.8. The molecule has 3 aromatic rings. The van der Waals surface area contributed by atoms with E-state index in [0.717, 1.165) is 16.6 Å². The van der Waals surface area contributed by atoms with Crippen LogP contribution in [0.4, 0.5) is 15.9 Å². The second kappa shape index (κ2) is 9.50. The fourth-order valence-electron chi connectivity index (χ4n) is 3.46. The van der Waals surface area contributed by atoms with Crippen molar-refractivity contribution in [2.75, 3.05) is 30.8 Å². The van der Waals surface area contributed by atoms with Crippen LogP contribution in [-0.4, -0.2) is 47.7 Å². The van der Waals surface area contributed by atoms with E-state index in [2.05, 4.69) is 36.5 Å². The first kappa shape index (κ1) is 22.6. The summed E-state index contributed by atoms with van der Waals surface area (Å²) in [4.78, 5) is 36.2. The molecule has 0 saturated heterocycles. The van der Waals surface area contributed by atoms with E-state index in [4.69, 9.17) is 0 Å². The number of aryl methyl sites for hydroxylation is 1. The zero-order chi connectivity index (χ0) is 23.5. The Bertz CT molecular complexity index is 1260. The topological polar surface area (TPSA) is 86.7 Å². The number of hydrogen-bond donors (Lipinski definition) is 2. The summed E-state index contributed by atoms with van der Waals surface area (Å²) in [6, 6.07) is 12.8. The summed E-state index contributed by atoms with van der Waals surface area (Å²) < 4.78 is 15.6. The molecule has 1 aliphatic heterocycles. The van der Waals surface area contributed by atoms with Gasteiger partial charge in [-0.3, -0.25) is 14.6 Å². The zero-order valence-electron chi connectivity index (χ0n) is 18.0. The molecule has 33 heavy (non-hydrogen) atoms. The lowest BCUT2D eigenvalue weighted by Crippen LogP contribution is -2.24. The van der Waals surface area contributed by atoms with E-state index in [1.54, 1.807) is 42.6 Å². The fraction of sp³-hybridized carbons (Fsp3) is 0.167. The third kappa shape index (κ3) is 5.09. The van der Waals surface area contributed by atoms with E-state index < -0.39 is 17.6 Å². The van der Waals surface area contributed by atoms with E-state index in [-0.39, 0.29) is 16.8 Å². The summed E-state index contributed by atoms with van der Waals surface area (Å²) in [5.41, 5.74) is 1.83. The number of carbonyl (C=O) groups is 2. The fourth-order valence-corrected chi connectivity index (χ4v) is 3.70. The van der Waals surface area contributed by atoms with Crippen LogP contribution in [0.25, 0.3) is 0 Å². The van der Waals surface area contributed by atoms with Crippen LogP contribution in [0.2, 0.25) is 0 Å². The first-order valence-electron chi connectivity index (χ1n) is 10.2. The second-order valence-electron chi connectivity index (χ2n) is 7.64. The Balaban J connectivity index is 1.56. The summed E-state index contributed by atoms with van der Waals surface area (Å²) in [6.07, 6.45) is 1.57. The molecule has 1 aliphatic rings. The molecule has 0 atom stereocenters.